The molecule has 0 spiro atoms. The summed E-state index contributed by atoms with van der Waals surface area (Å²) in [6.45, 7) is 1.28. The van der Waals surface area contributed by atoms with Crippen molar-refractivity contribution in [2.75, 3.05) is 11.9 Å². The molecule has 2 aliphatic heterocycles. The van der Waals surface area contributed by atoms with E-state index in [2.05, 4.69) is 20.8 Å². The first-order valence-corrected chi connectivity index (χ1v) is 9.34. The zero-order valence-electron chi connectivity index (χ0n) is 12.0. The van der Waals surface area contributed by atoms with Gasteiger partial charge in [-0.25, -0.2) is 0 Å². The van der Waals surface area contributed by atoms with Gasteiger partial charge in [-0.3, -0.25) is 4.90 Å². The number of hydrogen-bond acceptors (Lipinski definition) is 2. The van der Waals surface area contributed by atoms with E-state index in [0.29, 0.717) is 17.5 Å². The van der Waals surface area contributed by atoms with Crippen LogP contribution in [-0.2, 0) is 0 Å². The number of hydrogen-bond donors (Lipinski definition) is 1. The Balaban J connectivity index is 1.69. The summed E-state index contributed by atoms with van der Waals surface area (Å²) >= 11 is 3.83. The maximum atomic E-state index is 9.94. The first-order valence-electron chi connectivity index (χ1n) is 8.22. The fourth-order valence-electron chi connectivity index (χ4n) is 4.70. The summed E-state index contributed by atoms with van der Waals surface area (Å²) in [7, 11) is 0. The molecule has 2 unspecified atom stereocenters. The lowest BCUT2D eigenvalue weighted by Crippen LogP contribution is -2.50. The van der Waals surface area contributed by atoms with Crippen molar-refractivity contribution in [2.45, 2.75) is 82.4 Å². The van der Waals surface area contributed by atoms with Crippen molar-refractivity contribution in [3.63, 3.8) is 0 Å². The molecular weight excluding hydrogens is 302 g/mol. The fraction of sp³-hybridized carbons (Fsp3) is 1.00. The number of piperidine rings is 1. The second kappa shape index (κ2) is 6.03. The van der Waals surface area contributed by atoms with Crippen molar-refractivity contribution in [3.8, 4) is 0 Å². The van der Waals surface area contributed by atoms with Gasteiger partial charge in [0.1, 0.15) is 0 Å². The summed E-state index contributed by atoms with van der Waals surface area (Å²) in [5.74, 6) is 0. The SMILES string of the molecule is OC1CC2CCC(C1)N2CC1(CBr)CCCCCC1. The zero-order valence-corrected chi connectivity index (χ0v) is 13.6. The summed E-state index contributed by atoms with van der Waals surface area (Å²) in [6, 6.07) is 1.35. The molecule has 2 heterocycles. The molecule has 3 heteroatoms. The van der Waals surface area contributed by atoms with Crippen LogP contribution in [-0.4, -0.2) is 40.1 Å². The normalized spacial score (nSPS) is 39.2. The molecule has 0 aromatic heterocycles. The van der Waals surface area contributed by atoms with Crippen LogP contribution in [0, 0.1) is 5.41 Å². The molecule has 2 atom stereocenters. The molecule has 2 saturated heterocycles. The number of aliphatic hydroxyl groups excluding tert-OH is 1. The minimum atomic E-state index is -0.0252. The molecular formula is C16H28BrNO. The summed E-state index contributed by atoms with van der Waals surface area (Å²) in [4.78, 5) is 2.78. The average Bonchev–Trinajstić information content (AvgIpc) is 2.63. The monoisotopic (exact) mass is 329 g/mol. The maximum Gasteiger partial charge on any atom is 0.0570 e. The van der Waals surface area contributed by atoms with E-state index in [9.17, 15) is 5.11 Å². The molecule has 0 aromatic rings. The van der Waals surface area contributed by atoms with Crippen LogP contribution in [0.2, 0.25) is 0 Å². The number of halogens is 1. The van der Waals surface area contributed by atoms with Crippen molar-refractivity contribution in [1.29, 1.82) is 0 Å². The van der Waals surface area contributed by atoms with Gasteiger partial charge in [-0.05, 0) is 43.9 Å². The lowest BCUT2D eigenvalue weighted by atomic mass is 9.80. The van der Waals surface area contributed by atoms with E-state index in [-0.39, 0.29) is 6.10 Å². The Morgan fingerprint density at radius 1 is 1.00 bits per heavy atom. The average molecular weight is 330 g/mol. The van der Waals surface area contributed by atoms with Gasteiger partial charge in [0.2, 0.25) is 0 Å². The van der Waals surface area contributed by atoms with E-state index in [1.54, 1.807) is 0 Å². The van der Waals surface area contributed by atoms with Crippen LogP contribution in [0.15, 0.2) is 0 Å². The van der Waals surface area contributed by atoms with Crippen LogP contribution < -0.4 is 0 Å². The highest BCUT2D eigenvalue weighted by atomic mass is 79.9. The predicted molar refractivity (Wildman–Crippen MR) is 82.7 cm³/mol. The van der Waals surface area contributed by atoms with Crippen molar-refractivity contribution in [3.05, 3.63) is 0 Å². The molecule has 0 amide bonds. The van der Waals surface area contributed by atoms with Gasteiger partial charge in [0.05, 0.1) is 6.10 Å². The van der Waals surface area contributed by atoms with E-state index in [1.165, 1.54) is 63.2 Å². The molecule has 19 heavy (non-hydrogen) atoms. The van der Waals surface area contributed by atoms with E-state index in [4.69, 9.17) is 0 Å². The Hall–Kier alpha value is 0.400. The van der Waals surface area contributed by atoms with E-state index in [1.807, 2.05) is 0 Å². The van der Waals surface area contributed by atoms with E-state index >= 15 is 0 Å². The Morgan fingerprint density at radius 2 is 1.58 bits per heavy atom. The zero-order chi connectivity index (χ0) is 13.3. The number of rotatable bonds is 3. The Morgan fingerprint density at radius 3 is 2.11 bits per heavy atom. The van der Waals surface area contributed by atoms with Crippen molar-refractivity contribution < 1.29 is 5.11 Å². The highest BCUT2D eigenvalue weighted by Gasteiger charge is 2.43. The number of alkyl halides is 1. The van der Waals surface area contributed by atoms with Crippen LogP contribution >= 0.6 is 15.9 Å². The maximum absolute atomic E-state index is 9.94. The topological polar surface area (TPSA) is 23.5 Å². The van der Waals surface area contributed by atoms with Gasteiger partial charge in [-0.2, -0.15) is 0 Å². The van der Waals surface area contributed by atoms with Crippen LogP contribution in [0.25, 0.3) is 0 Å². The van der Waals surface area contributed by atoms with E-state index in [0.717, 1.165) is 12.8 Å². The van der Waals surface area contributed by atoms with Crippen LogP contribution in [0.4, 0.5) is 0 Å². The minimum absolute atomic E-state index is 0.0252. The molecule has 1 N–H and O–H groups in total. The van der Waals surface area contributed by atoms with Gasteiger partial charge in [0.15, 0.2) is 0 Å². The second-order valence-corrected chi connectivity index (χ2v) is 7.79. The fourth-order valence-corrected chi connectivity index (χ4v) is 5.44. The minimum Gasteiger partial charge on any atom is -0.393 e. The molecule has 1 aliphatic carbocycles. The first kappa shape index (κ1) is 14.3. The van der Waals surface area contributed by atoms with Gasteiger partial charge in [-0.1, -0.05) is 41.6 Å². The lowest BCUT2D eigenvalue weighted by Gasteiger charge is -2.43. The van der Waals surface area contributed by atoms with Crippen molar-refractivity contribution in [2.24, 2.45) is 5.41 Å². The van der Waals surface area contributed by atoms with Gasteiger partial charge < -0.3 is 5.11 Å². The molecule has 3 rings (SSSR count). The lowest BCUT2D eigenvalue weighted by molar-refractivity contribution is 0.0108. The smallest absolute Gasteiger partial charge is 0.0570 e. The van der Waals surface area contributed by atoms with Gasteiger partial charge >= 0.3 is 0 Å². The van der Waals surface area contributed by atoms with Crippen LogP contribution in [0.1, 0.15) is 64.2 Å². The third-order valence-corrected chi connectivity index (χ3v) is 7.01. The van der Waals surface area contributed by atoms with Gasteiger partial charge in [0, 0.05) is 24.0 Å². The number of fused-ring (bicyclic) bond motifs is 2. The van der Waals surface area contributed by atoms with Crippen molar-refractivity contribution in [1.82, 2.24) is 4.90 Å². The molecule has 0 aromatic carbocycles. The summed E-state index contributed by atoms with van der Waals surface area (Å²) in [6.07, 6.45) is 13.1. The Labute approximate surface area is 126 Å². The summed E-state index contributed by atoms with van der Waals surface area (Å²) in [5, 5.41) is 11.1. The third kappa shape index (κ3) is 3.03. The first-order chi connectivity index (χ1) is 9.22. The number of nitrogens with zero attached hydrogens (tertiary/aromatic N) is 1. The van der Waals surface area contributed by atoms with Crippen LogP contribution in [0.3, 0.4) is 0 Å². The molecule has 110 valence electrons. The van der Waals surface area contributed by atoms with Gasteiger partial charge in [-0.15, -0.1) is 0 Å². The van der Waals surface area contributed by atoms with Gasteiger partial charge in [0.25, 0.3) is 0 Å². The predicted octanol–water partition coefficient (Wildman–Crippen LogP) is 3.71. The summed E-state index contributed by atoms with van der Waals surface area (Å²) in [5.41, 5.74) is 0.514. The second-order valence-electron chi connectivity index (χ2n) is 7.23. The molecule has 0 radical (unpaired) electrons. The molecule has 3 aliphatic rings. The standard InChI is InChI=1S/C16H28BrNO/c17-11-16(7-3-1-2-4-8-16)12-18-13-5-6-14(18)10-15(19)9-13/h13-15,19H,1-12H2. The molecule has 2 nitrogen and oxygen atoms in total. The molecule has 3 fully saturated rings. The largest absolute Gasteiger partial charge is 0.393 e. The van der Waals surface area contributed by atoms with E-state index < -0.39 is 0 Å². The Kier molecular flexibility index (Phi) is 4.55. The summed E-state index contributed by atoms with van der Waals surface area (Å²) < 4.78 is 0. The quantitative estimate of drug-likeness (QED) is 0.630. The third-order valence-electron chi connectivity index (χ3n) is 5.83. The highest BCUT2D eigenvalue weighted by Crippen LogP contribution is 2.43. The number of aliphatic hydroxyl groups is 1. The van der Waals surface area contributed by atoms with Crippen molar-refractivity contribution >= 4 is 15.9 Å². The van der Waals surface area contributed by atoms with Crippen LogP contribution in [0.5, 0.6) is 0 Å². The highest BCUT2D eigenvalue weighted by molar-refractivity contribution is 9.09. The molecule has 1 saturated carbocycles. The molecule has 2 bridgehead atoms. The Bertz CT molecular complexity index is 287.